The van der Waals surface area contributed by atoms with Crippen LogP contribution in [0.4, 0.5) is 4.39 Å². The molecule has 7 heteroatoms. The number of nitrogens with one attached hydrogen (secondary N) is 2. The molecule has 1 saturated heterocycles. The van der Waals surface area contributed by atoms with Crippen molar-refractivity contribution in [3.8, 4) is 0 Å². The van der Waals surface area contributed by atoms with E-state index in [-0.39, 0.29) is 29.8 Å². The zero-order valence-electron chi connectivity index (χ0n) is 16.6. The third-order valence-electron chi connectivity index (χ3n) is 4.83. The highest BCUT2D eigenvalue weighted by atomic mass is 127. The van der Waals surface area contributed by atoms with Crippen LogP contribution in [0.5, 0.6) is 0 Å². The van der Waals surface area contributed by atoms with Gasteiger partial charge in [0, 0.05) is 42.7 Å². The third-order valence-corrected chi connectivity index (χ3v) is 5.33. The van der Waals surface area contributed by atoms with Crippen molar-refractivity contribution in [2.24, 2.45) is 4.99 Å². The van der Waals surface area contributed by atoms with Gasteiger partial charge >= 0.3 is 0 Å². The number of aryl methyl sites for hydroxylation is 1. The zero-order valence-corrected chi connectivity index (χ0v) is 20.5. The number of nitrogens with zero attached hydrogens (tertiary/aromatic N) is 2. The molecule has 0 aromatic heterocycles. The molecule has 0 bridgehead atoms. The van der Waals surface area contributed by atoms with E-state index in [1.54, 1.807) is 0 Å². The van der Waals surface area contributed by atoms with E-state index in [2.05, 4.69) is 57.2 Å². The first-order valence-electron chi connectivity index (χ1n) is 9.72. The predicted octanol–water partition coefficient (Wildman–Crippen LogP) is 4.57. The Labute approximate surface area is 188 Å². The lowest BCUT2D eigenvalue weighted by Crippen LogP contribution is -2.49. The molecule has 154 valence electrons. The van der Waals surface area contributed by atoms with Crippen LogP contribution in [0.2, 0.25) is 0 Å². The molecule has 1 aliphatic rings. The van der Waals surface area contributed by atoms with Crippen LogP contribution in [0.25, 0.3) is 0 Å². The third kappa shape index (κ3) is 8.64. The normalized spacial score (nSPS) is 16.3. The number of rotatable bonds is 7. The van der Waals surface area contributed by atoms with Crippen molar-refractivity contribution in [1.82, 2.24) is 15.5 Å². The molecule has 2 rings (SSSR count). The molecule has 4 nitrogen and oxygen atoms in total. The van der Waals surface area contributed by atoms with Gasteiger partial charge in [-0.3, -0.25) is 4.99 Å². The minimum atomic E-state index is -0.148. The summed E-state index contributed by atoms with van der Waals surface area (Å²) in [5.74, 6) is 0.733. The van der Waals surface area contributed by atoms with Crippen molar-refractivity contribution in [2.75, 3.05) is 26.2 Å². The highest BCUT2D eigenvalue weighted by Gasteiger charge is 2.21. The van der Waals surface area contributed by atoms with E-state index < -0.39 is 0 Å². The fourth-order valence-electron chi connectivity index (χ4n) is 3.26. The Morgan fingerprint density at radius 3 is 2.63 bits per heavy atom. The minimum absolute atomic E-state index is 0. The first-order chi connectivity index (χ1) is 12.5. The molecular weight excluding hydrogens is 522 g/mol. The Morgan fingerprint density at radius 1 is 1.33 bits per heavy atom. The summed E-state index contributed by atoms with van der Waals surface area (Å²) in [6, 6.07) is 6.35. The minimum Gasteiger partial charge on any atom is -0.357 e. The number of likely N-dealkylation sites (tertiary alicyclic amines) is 1. The molecule has 1 aromatic carbocycles. The van der Waals surface area contributed by atoms with Crippen LogP contribution >= 0.6 is 39.9 Å². The van der Waals surface area contributed by atoms with Gasteiger partial charge < -0.3 is 15.5 Å². The summed E-state index contributed by atoms with van der Waals surface area (Å²) in [4.78, 5) is 7.20. The van der Waals surface area contributed by atoms with E-state index in [1.807, 2.05) is 12.1 Å². The number of halogens is 3. The van der Waals surface area contributed by atoms with Crippen molar-refractivity contribution in [3.05, 3.63) is 34.1 Å². The molecule has 1 aliphatic heterocycles. The van der Waals surface area contributed by atoms with E-state index in [9.17, 15) is 4.39 Å². The van der Waals surface area contributed by atoms with Crippen LogP contribution in [0, 0.1) is 5.82 Å². The summed E-state index contributed by atoms with van der Waals surface area (Å²) in [5.41, 5.74) is 0.752. The largest absolute Gasteiger partial charge is 0.357 e. The van der Waals surface area contributed by atoms with Gasteiger partial charge in [-0.25, -0.2) is 4.39 Å². The summed E-state index contributed by atoms with van der Waals surface area (Å²) in [6.07, 6.45) is 3.83. The molecule has 1 aromatic rings. The molecule has 1 fully saturated rings. The van der Waals surface area contributed by atoms with E-state index in [0.717, 1.165) is 54.9 Å². The molecule has 0 aliphatic carbocycles. The van der Waals surface area contributed by atoms with Crippen LogP contribution < -0.4 is 10.6 Å². The molecule has 1 heterocycles. The van der Waals surface area contributed by atoms with Gasteiger partial charge in [-0.05, 0) is 64.2 Å². The van der Waals surface area contributed by atoms with Crippen LogP contribution in [-0.4, -0.2) is 49.1 Å². The van der Waals surface area contributed by atoms with Crippen molar-refractivity contribution in [3.63, 3.8) is 0 Å². The molecule has 0 atom stereocenters. The standard InChI is InChI=1S/C20H32BrFN4.HI/c1-4-23-20(25-18-9-12-26(13-10-18)15(2)3)24-11-5-6-16-7-8-17(21)14-19(16)22;/h7-8,14-15,18H,4-6,9-13H2,1-3H3,(H2,23,24,25);1H. The maximum absolute atomic E-state index is 13.9. The number of aliphatic imine (C=N–C) groups is 1. The smallest absolute Gasteiger partial charge is 0.191 e. The summed E-state index contributed by atoms with van der Waals surface area (Å²) in [6.45, 7) is 10.4. The van der Waals surface area contributed by atoms with Gasteiger partial charge in [0.2, 0.25) is 0 Å². The van der Waals surface area contributed by atoms with Gasteiger partial charge in [-0.15, -0.1) is 24.0 Å². The Morgan fingerprint density at radius 2 is 2.04 bits per heavy atom. The van der Waals surface area contributed by atoms with Crippen LogP contribution in [0.3, 0.4) is 0 Å². The number of benzene rings is 1. The van der Waals surface area contributed by atoms with Crippen LogP contribution in [0.1, 0.15) is 45.6 Å². The van der Waals surface area contributed by atoms with E-state index in [1.165, 1.54) is 6.07 Å². The SMILES string of the molecule is CCNC(=NCCCc1ccc(Br)cc1F)NC1CCN(C(C)C)CC1.I. The first kappa shape index (κ1) is 24.6. The number of hydrogen-bond donors (Lipinski definition) is 2. The van der Waals surface area contributed by atoms with E-state index >= 15 is 0 Å². The topological polar surface area (TPSA) is 39.7 Å². The number of guanidine groups is 1. The van der Waals surface area contributed by atoms with Crippen molar-refractivity contribution in [1.29, 1.82) is 0 Å². The van der Waals surface area contributed by atoms with E-state index in [0.29, 0.717) is 25.0 Å². The maximum atomic E-state index is 13.9. The average molecular weight is 555 g/mol. The molecule has 0 amide bonds. The Bertz CT molecular complexity index is 589. The molecule has 2 N–H and O–H groups in total. The van der Waals surface area contributed by atoms with Crippen LogP contribution in [-0.2, 0) is 6.42 Å². The quantitative estimate of drug-likeness (QED) is 0.224. The Balaban J connectivity index is 0.00000364. The molecule has 0 spiro atoms. The molecule has 27 heavy (non-hydrogen) atoms. The lowest BCUT2D eigenvalue weighted by molar-refractivity contribution is 0.167. The maximum Gasteiger partial charge on any atom is 0.191 e. The average Bonchev–Trinajstić information content (AvgIpc) is 2.60. The Hall–Kier alpha value is -0.410. The Kier molecular flexibility index (Phi) is 11.8. The zero-order chi connectivity index (χ0) is 18.9. The summed E-state index contributed by atoms with van der Waals surface area (Å²) >= 11 is 3.29. The monoisotopic (exact) mass is 554 g/mol. The second-order valence-corrected chi connectivity index (χ2v) is 8.06. The second-order valence-electron chi connectivity index (χ2n) is 7.15. The van der Waals surface area contributed by atoms with Crippen LogP contribution in [0.15, 0.2) is 27.7 Å². The highest BCUT2D eigenvalue weighted by Crippen LogP contribution is 2.16. The first-order valence-corrected chi connectivity index (χ1v) is 10.5. The van der Waals surface area contributed by atoms with Gasteiger partial charge in [0.1, 0.15) is 5.82 Å². The van der Waals surface area contributed by atoms with Gasteiger partial charge in [-0.2, -0.15) is 0 Å². The van der Waals surface area contributed by atoms with Gasteiger partial charge in [0.25, 0.3) is 0 Å². The molecule has 0 saturated carbocycles. The summed E-state index contributed by atoms with van der Waals surface area (Å²) < 4.78 is 14.6. The molecular formula is C20H33BrFIN4. The molecule has 0 radical (unpaired) electrons. The predicted molar refractivity (Wildman–Crippen MR) is 127 cm³/mol. The fraction of sp³-hybridized carbons (Fsp3) is 0.650. The van der Waals surface area contributed by atoms with Crippen molar-refractivity contribution >= 4 is 45.9 Å². The fourth-order valence-corrected chi connectivity index (χ4v) is 3.59. The van der Waals surface area contributed by atoms with Crippen molar-refractivity contribution in [2.45, 2.75) is 58.5 Å². The lowest BCUT2D eigenvalue weighted by Gasteiger charge is -2.35. The lowest BCUT2D eigenvalue weighted by atomic mass is 10.0. The number of piperidine rings is 1. The highest BCUT2D eigenvalue weighted by molar-refractivity contribution is 14.0. The summed E-state index contributed by atoms with van der Waals surface area (Å²) in [5, 5.41) is 6.89. The molecule has 0 unspecified atom stereocenters. The summed E-state index contributed by atoms with van der Waals surface area (Å²) in [7, 11) is 0. The van der Waals surface area contributed by atoms with Gasteiger partial charge in [0.05, 0.1) is 0 Å². The second kappa shape index (κ2) is 12.9. The van der Waals surface area contributed by atoms with Gasteiger partial charge in [-0.1, -0.05) is 22.0 Å². The van der Waals surface area contributed by atoms with E-state index in [4.69, 9.17) is 0 Å². The van der Waals surface area contributed by atoms with Crippen molar-refractivity contribution < 1.29 is 4.39 Å². The number of hydrogen-bond acceptors (Lipinski definition) is 2. The van der Waals surface area contributed by atoms with Gasteiger partial charge in [0.15, 0.2) is 5.96 Å².